The van der Waals surface area contributed by atoms with Gasteiger partial charge in [0.2, 0.25) is 5.91 Å². The van der Waals surface area contributed by atoms with Crippen LogP contribution in [0.3, 0.4) is 0 Å². The molecule has 0 aliphatic rings. The van der Waals surface area contributed by atoms with Gasteiger partial charge >= 0.3 is 0 Å². The number of thioether (sulfide) groups is 1. The van der Waals surface area contributed by atoms with Crippen molar-refractivity contribution in [2.75, 3.05) is 12.3 Å². The van der Waals surface area contributed by atoms with Crippen molar-refractivity contribution < 1.29 is 4.79 Å². The number of hydrogen-bond acceptors (Lipinski definition) is 3. The van der Waals surface area contributed by atoms with Gasteiger partial charge in [0.1, 0.15) is 0 Å². The Labute approximate surface area is 106 Å². The minimum Gasteiger partial charge on any atom is -0.344 e. The highest BCUT2D eigenvalue weighted by Gasteiger charge is 2.03. The molecular weight excluding hydrogens is 232 g/mol. The van der Waals surface area contributed by atoms with Crippen LogP contribution in [-0.2, 0) is 4.79 Å². The zero-order valence-electron chi connectivity index (χ0n) is 9.77. The molecule has 1 aromatic rings. The Hall–Kier alpha value is -1.44. The number of rotatable bonds is 5. The van der Waals surface area contributed by atoms with Gasteiger partial charge in [-0.15, -0.1) is 18.2 Å². The maximum Gasteiger partial charge on any atom is 0.231 e. The molecular formula is C13H16N2OS. The summed E-state index contributed by atoms with van der Waals surface area (Å²) in [6.45, 7) is 2.22. The van der Waals surface area contributed by atoms with Crippen LogP contribution in [0.4, 0.5) is 0 Å². The summed E-state index contributed by atoms with van der Waals surface area (Å²) in [4.78, 5) is 12.3. The lowest BCUT2D eigenvalue weighted by Crippen LogP contribution is -2.25. The normalized spacial score (nSPS) is 11.6. The molecule has 0 saturated heterocycles. The lowest BCUT2D eigenvalue weighted by atomic mass is 10.1. The van der Waals surface area contributed by atoms with Gasteiger partial charge in [0.05, 0.1) is 12.3 Å². The van der Waals surface area contributed by atoms with Crippen LogP contribution < -0.4 is 11.1 Å². The van der Waals surface area contributed by atoms with Gasteiger partial charge in [0, 0.05) is 10.9 Å². The van der Waals surface area contributed by atoms with E-state index in [9.17, 15) is 4.79 Å². The molecule has 1 amide bonds. The summed E-state index contributed by atoms with van der Waals surface area (Å²) in [5.74, 6) is 2.68. The molecule has 1 atom stereocenters. The van der Waals surface area contributed by atoms with E-state index in [4.69, 9.17) is 12.2 Å². The van der Waals surface area contributed by atoms with Gasteiger partial charge in [-0.25, -0.2) is 0 Å². The SMILES string of the molecule is C#CCNC(=O)CSc1ccc(C(C)N)cc1. The molecule has 1 aromatic carbocycles. The topological polar surface area (TPSA) is 55.1 Å². The first-order valence-electron chi connectivity index (χ1n) is 5.32. The third-order valence-corrected chi connectivity index (χ3v) is 3.18. The fraction of sp³-hybridized carbons (Fsp3) is 0.308. The predicted octanol–water partition coefficient (Wildman–Crippen LogP) is 1.55. The summed E-state index contributed by atoms with van der Waals surface area (Å²) in [5.41, 5.74) is 6.84. The molecule has 0 aromatic heterocycles. The van der Waals surface area contributed by atoms with E-state index in [0.29, 0.717) is 5.75 Å². The Morgan fingerprint density at radius 1 is 1.53 bits per heavy atom. The molecule has 0 aliphatic carbocycles. The van der Waals surface area contributed by atoms with E-state index < -0.39 is 0 Å². The van der Waals surface area contributed by atoms with Crippen LogP contribution in [0.15, 0.2) is 29.2 Å². The average molecular weight is 248 g/mol. The molecule has 0 bridgehead atoms. The predicted molar refractivity (Wildman–Crippen MR) is 71.6 cm³/mol. The van der Waals surface area contributed by atoms with E-state index in [-0.39, 0.29) is 18.5 Å². The van der Waals surface area contributed by atoms with E-state index >= 15 is 0 Å². The van der Waals surface area contributed by atoms with Crippen LogP contribution in [-0.4, -0.2) is 18.2 Å². The Kier molecular flexibility index (Phi) is 5.61. The summed E-state index contributed by atoms with van der Waals surface area (Å²) in [5, 5.41) is 2.62. The number of terminal acetylenes is 1. The van der Waals surface area contributed by atoms with Crippen molar-refractivity contribution in [1.29, 1.82) is 0 Å². The van der Waals surface area contributed by atoms with Crippen LogP contribution in [0.25, 0.3) is 0 Å². The van der Waals surface area contributed by atoms with Crippen molar-refractivity contribution in [1.82, 2.24) is 5.32 Å². The molecule has 3 nitrogen and oxygen atoms in total. The van der Waals surface area contributed by atoms with Gasteiger partial charge in [-0.3, -0.25) is 4.79 Å². The van der Waals surface area contributed by atoms with Crippen molar-refractivity contribution in [2.24, 2.45) is 5.73 Å². The summed E-state index contributed by atoms with van der Waals surface area (Å²) >= 11 is 1.48. The molecule has 1 rings (SSSR count). The van der Waals surface area contributed by atoms with Crippen molar-refractivity contribution in [3.8, 4) is 12.3 Å². The van der Waals surface area contributed by atoms with E-state index in [1.54, 1.807) is 0 Å². The Balaban J connectivity index is 2.42. The Bertz CT molecular complexity index is 406. The van der Waals surface area contributed by atoms with Gasteiger partial charge in [-0.2, -0.15) is 0 Å². The van der Waals surface area contributed by atoms with E-state index in [2.05, 4.69) is 11.2 Å². The van der Waals surface area contributed by atoms with Crippen LogP contribution >= 0.6 is 11.8 Å². The minimum atomic E-state index is -0.0516. The molecule has 0 radical (unpaired) electrons. The van der Waals surface area contributed by atoms with Crippen LogP contribution in [0.2, 0.25) is 0 Å². The highest BCUT2D eigenvalue weighted by atomic mass is 32.2. The van der Waals surface area contributed by atoms with Gasteiger partial charge in [-0.05, 0) is 24.6 Å². The van der Waals surface area contributed by atoms with E-state index in [1.807, 2.05) is 31.2 Å². The standard InChI is InChI=1S/C13H16N2OS/c1-3-8-15-13(16)9-17-12-6-4-11(5-7-12)10(2)14/h1,4-7,10H,8-9,14H2,2H3,(H,15,16). The number of carbonyl (C=O) groups is 1. The second-order valence-corrected chi connectivity index (χ2v) is 4.68. The van der Waals surface area contributed by atoms with Gasteiger partial charge in [0.15, 0.2) is 0 Å². The first-order chi connectivity index (χ1) is 8.13. The lowest BCUT2D eigenvalue weighted by molar-refractivity contribution is -0.118. The molecule has 17 heavy (non-hydrogen) atoms. The van der Waals surface area contributed by atoms with Crippen LogP contribution in [0, 0.1) is 12.3 Å². The van der Waals surface area contributed by atoms with Crippen molar-refractivity contribution in [3.63, 3.8) is 0 Å². The molecule has 0 heterocycles. The Morgan fingerprint density at radius 3 is 2.71 bits per heavy atom. The van der Waals surface area contributed by atoms with E-state index in [0.717, 1.165) is 10.5 Å². The fourth-order valence-corrected chi connectivity index (χ4v) is 1.95. The number of carbonyl (C=O) groups excluding carboxylic acids is 1. The molecule has 90 valence electrons. The van der Waals surface area contributed by atoms with Gasteiger partial charge < -0.3 is 11.1 Å². The van der Waals surface area contributed by atoms with Crippen molar-refractivity contribution in [2.45, 2.75) is 17.9 Å². The first kappa shape index (κ1) is 13.6. The molecule has 1 unspecified atom stereocenters. The van der Waals surface area contributed by atoms with Crippen molar-refractivity contribution in [3.05, 3.63) is 29.8 Å². The number of nitrogens with two attached hydrogens (primary N) is 1. The minimum absolute atomic E-state index is 0.0352. The van der Waals surface area contributed by atoms with Crippen LogP contribution in [0.1, 0.15) is 18.5 Å². The molecule has 0 spiro atoms. The summed E-state index contributed by atoms with van der Waals surface area (Å²) in [6, 6.07) is 7.93. The second-order valence-electron chi connectivity index (χ2n) is 3.63. The highest BCUT2D eigenvalue weighted by Crippen LogP contribution is 2.19. The first-order valence-corrected chi connectivity index (χ1v) is 6.30. The molecule has 3 N–H and O–H groups in total. The number of amides is 1. The smallest absolute Gasteiger partial charge is 0.231 e. The summed E-state index contributed by atoms with van der Waals surface area (Å²) in [6.07, 6.45) is 5.05. The lowest BCUT2D eigenvalue weighted by Gasteiger charge is -2.06. The maximum absolute atomic E-state index is 11.3. The third-order valence-electron chi connectivity index (χ3n) is 2.16. The summed E-state index contributed by atoms with van der Waals surface area (Å²) in [7, 11) is 0. The van der Waals surface area contributed by atoms with Gasteiger partial charge in [0.25, 0.3) is 0 Å². The number of benzene rings is 1. The molecule has 4 heteroatoms. The molecule has 0 aliphatic heterocycles. The van der Waals surface area contributed by atoms with Crippen molar-refractivity contribution >= 4 is 17.7 Å². The molecule has 0 saturated carbocycles. The monoisotopic (exact) mass is 248 g/mol. The average Bonchev–Trinajstić information content (AvgIpc) is 2.34. The Morgan fingerprint density at radius 2 is 2.18 bits per heavy atom. The second kappa shape index (κ2) is 7.00. The summed E-state index contributed by atoms with van der Waals surface area (Å²) < 4.78 is 0. The highest BCUT2D eigenvalue weighted by molar-refractivity contribution is 8.00. The zero-order chi connectivity index (χ0) is 12.7. The number of nitrogens with one attached hydrogen (secondary N) is 1. The maximum atomic E-state index is 11.3. The largest absolute Gasteiger partial charge is 0.344 e. The van der Waals surface area contributed by atoms with Crippen LogP contribution in [0.5, 0.6) is 0 Å². The quantitative estimate of drug-likeness (QED) is 0.614. The zero-order valence-corrected chi connectivity index (χ0v) is 10.6. The third kappa shape index (κ3) is 4.94. The number of hydrogen-bond donors (Lipinski definition) is 2. The van der Waals surface area contributed by atoms with E-state index in [1.165, 1.54) is 11.8 Å². The van der Waals surface area contributed by atoms with Gasteiger partial charge in [-0.1, -0.05) is 18.1 Å². The molecule has 0 fully saturated rings. The fourth-order valence-electron chi connectivity index (χ4n) is 1.22.